The Morgan fingerprint density at radius 1 is 1.10 bits per heavy atom. The van der Waals surface area contributed by atoms with Crippen LogP contribution in [0.25, 0.3) is 0 Å². The van der Waals surface area contributed by atoms with Gasteiger partial charge in [-0.3, -0.25) is 4.90 Å². The minimum absolute atomic E-state index is 0.152. The van der Waals surface area contributed by atoms with Crippen LogP contribution in [0.2, 0.25) is 0 Å². The minimum Gasteiger partial charge on any atom is -0.487 e. The number of piperazine rings is 1. The summed E-state index contributed by atoms with van der Waals surface area (Å²) >= 11 is 0. The second-order valence-electron chi connectivity index (χ2n) is 6.74. The minimum atomic E-state index is -4.35. The van der Waals surface area contributed by atoms with Crippen LogP contribution in [0.5, 0.6) is 5.75 Å². The SMILES string of the molecule is CCOc1c(N)ncnc1N1CCN(C(CN)c2ccc(C(F)(F)F)cc2)CC1. The number of rotatable bonds is 6. The van der Waals surface area contributed by atoms with E-state index in [1.165, 1.54) is 18.5 Å². The van der Waals surface area contributed by atoms with Crippen LogP contribution in [0.15, 0.2) is 30.6 Å². The van der Waals surface area contributed by atoms with Crippen molar-refractivity contribution in [2.75, 3.05) is 50.0 Å². The highest BCUT2D eigenvalue weighted by Gasteiger charge is 2.31. The molecule has 1 aromatic heterocycles. The summed E-state index contributed by atoms with van der Waals surface area (Å²) in [5, 5.41) is 0. The number of ether oxygens (including phenoxy) is 1. The van der Waals surface area contributed by atoms with Crippen molar-refractivity contribution in [3.8, 4) is 5.75 Å². The molecule has 1 aromatic carbocycles. The molecule has 0 spiro atoms. The highest BCUT2D eigenvalue weighted by Crippen LogP contribution is 2.33. The first-order chi connectivity index (χ1) is 13.8. The van der Waals surface area contributed by atoms with Gasteiger partial charge in [0.1, 0.15) is 6.33 Å². The number of nitrogens with zero attached hydrogens (tertiary/aromatic N) is 4. The van der Waals surface area contributed by atoms with Crippen molar-refractivity contribution in [1.82, 2.24) is 14.9 Å². The van der Waals surface area contributed by atoms with E-state index in [0.29, 0.717) is 56.7 Å². The molecule has 1 saturated heterocycles. The lowest BCUT2D eigenvalue weighted by Gasteiger charge is -2.40. The van der Waals surface area contributed by atoms with Crippen LogP contribution in [0, 0.1) is 0 Å². The molecule has 7 nitrogen and oxygen atoms in total. The predicted octanol–water partition coefficient (Wildman–Crippen LogP) is 2.30. The van der Waals surface area contributed by atoms with Crippen LogP contribution in [0.4, 0.5) is 24.8 Å². The van der Waals surface area contributed by atoms with Crippen LogP contribution in [0.1, 0.15) is 24.1 Å². The maximum absolute atomic E-state index is 12.8. The van der Waals surface area contributed by atoms with Crippen molar-refractivity contribution < 1.29 is 17.9 Å². The van der Waals surface area contributed by atoms with E-state index in [9.17, 15) is 13.2 Å². The third-order valence-corrected chi connectivity index (χ3v) is 5.00. The highest BCUT2D eigenvalue weighted by molar-refractivity contribution is 5.62. The molecule has 0 saturated carbocycles. The molecule has 10 heteroatoms. The second-order valence-corrected chi connectivity index (χ2v) is 6.74. The van der Waals surface area contributed by atoms with E-state index >= 15 is 0 Å². The van der Waals surface area contributed by atoms with Crippen LogP contribution in [-0.4, -0.2) is 54.2 Å². The zero-order valence-electron chi connectivity index (χ0n) is 16.2. The first-order valence-electron chi connectivity index (χ1n) is 9.44. The Morgan fingerprint density at radius 2 is 1.76 bits per heavy atom. The number of alkyl halides is 3. The zero-order chi connectivity index (χ0) is 21.0. The van der Waals surface area contributed by atoms with Gasteiger partial charge in [-0.1, -0.05) is 12.1 Å². The lowest BCUT2D eigenvalue weighted by atomic mass is 10.0. The van der Waals surface area contributed by atoms with E-state index in [1.54, 1.807) is 0 Å². The molecule has 0 aliphatic carbocycles. The van der Waals surface area contributed by atoms with Gasteiger partial charge in [0.2, 0.25) is 5.75 Å². The van der Waals surface area contributed by atoms with Crippen molar-refractivity contribution >= 4 is 11.6 Å². The molecule has 1 unspecified atom stereocenters. The summed E-state index contributed by atoms with van der Waals surface area (Å²) in [6, 6.07) is 5.07. The van der Waals surface area contributed by atoms with E-state index in [1.807, 2.05) is 6.92 Å². The van der Waals surface area contributed by atoms with E-state index in [-0.39, 0.29) is 6.04 Å². The molecule has 0 radical (unpaired) electrons. The molecule has 1 aliphatic heterocycles. The van der Waals surface area contributed by atoms with E-state index in [2.05, 4.69) is 19.8 Å². The second kappa shape index (κ2) is 8.83. The van der Waals surface area contributed by atoms with Gasteiger partial charge in [-0.2, -0.15) is 13.2 Å². The number of hydrogen-bond donors (Lipinski definition) is 2. The summed E-state index contributed by atoms with van der Waals surface area (Å²) in [5.41, 5.74) is 12.0. The first-order valence-corrected chi connectivity index (χ1v) is 9.44. The molecule has 0 amide bonds. The monoisotopic (exact) mass is 410 g/mol. The van der Waals surface area contributed by atoms with Crippen molar-refractivity contribution in [2.45, 2.75) is 19.1 Å². The van der Waals surface area contributed by atoms with Crippen LogP contribution in [0.3, 0.4) is 0 Å². The fourth-order valence-electron chi connectivity index (χ4n) is 3.52. The topological polar surface area (TPSA) is 93.5 Å². The van der Waals surface area contributed by atoms with Crippen LogP contribution < -0.4 is 21.1 Å². The molecular weight excluding hydrogens is 385 g/mol. The standard InChI is InChI=1S/C19H25F3N6O/c1-2-29-16-17(24)25-12-26-18(16)28-9-7-27(8-10-28)15(11-23)13-3-5-14(6-4-13)19(20,21)22/h3-6,12,15H,2,7-11,23H2,1H3,(H2,24,25,26). The summed E-state index contributed by atoms with van der Waals surface area (Å²) in [4.78, 5) is 12.5. The lowest BCUT2D eigenvalue weighted by molar-refractivity contribution is -0.137. The van der Waals surface area contributed by atoms with Gasteiger partial charge in [-0.25, -0.2) is 9.97 Å². The van der Waals surface area contributed by atoms with Crippen molar-refractivity contribution in [2.24, 2.45) is 5.73 Å². The summed E-state index contributed by atoms with van der Waals surface area (Å²) in [5.74, 6) is 1.42. The Balaban J connectivity index is 1.70. The number of aromatic nitrogens is 2. The third-order valence-electron chi connectivity index (χ3n) is 5.00. The maximum atomic E-state index is 12.8. The van der Waals surface area contributed by atoms with Crippen molar-refractivity contribution in [1.29, 1.82) is 0 Å². The summed E-state index contributed by atoms with van der Waals surface area (Å²) in [6.45, 7) is 5.31. The Hall–Kier alpha value is -2.59. The predicted molar refractivity (Wildman–Crippen MR) is 105 cm³/mol. The van der Waals surface area contributed by atoms with E-state index in [4.69, 9.17) is 16.2 Å². The Bertz CT molecular complexity index is 807. The molecule has 3 rings (SSSR count). The van der Waals surface area contributed by atoms with Crippen molar-refractivity contribution in [3.63, 3.8) is 0 Å². The maximum Gasteiger partial charge on any atom is 0.416 e. The number of anilines is 2. The molecule has 158 valence electrons. The smallest absolute Gasteiger partial charge is 0.416 e. The van der Waals surface area contributed by atoms with Gasteiger partial charge >= 0.3 is 6.18 Å². The fraction of sp³-hybridized carbons (Fsp3) is 0.474. The van der Waals surface area contributed by atoms with E-state index < -0.39 is 11.7 Å². The number of nitrogens with two attached hydrogens (primary N) is 2. The third kappa shape index (κ3) is 4.70. The molecule has 1 fully saturated rings. The van der Waals surface area contributed by atoms with Crippen LogP contribution >= 0.6 is 0 Å². The largest absolute Gasteiger partial charge is 0.487 e. The highest BCUT2D eigenvalue weighted by atomic mass is 19.4. The average Bonchev–Trinajstić information content (AvgIpc) is 2.70. The molecule has 2 aromatic rings. The number of halogens is 3. The molecular formula is C19H25F3N6O. The molecule has 29 heavy (non-hydrogen) atoms. The summed E-state index contributed by atoms with van der Waals surface area (Å²) in [6.07, 6.45) is -2.94. The van der Waals surface area contributed by atoms with Gasteiger partial charge in [-0.05, 0) is 24.6 Å². The number of benzene rings is 1. The molecule has 1 atom stereocenters. The van der Waals surface area contributed by atoms with Gasteiger partial charge < -0.3 is 21.1 Å². The molecule has 1 aliphatic rings. The summed E-state index contributed by atoms with van der Waals surface area (Å²) in [7, 11) is 0. The fourth-order valence-corrected chi connectivity index (χ4v) is 3.52. The van der Waals surface area contributed by atoms with Crippen LogP contribution in [-0.2, 0) is 6.18 Å². The number of hydrogen-bond acceptors (Lipinski definition) is 7. The molecule has 4 N–H and O–H groups in total. The first kappa shape index (κ1) is 21.1. The molecule has 2 heterocycles. The molecule has 0 bridgehead atoms. The zero-order valence-corrected chi connectivity index (χ0v) is 16.2. The number of nitrogen functional groups attached to an aromatic ring is 1. The van der Waals surface area contributed by atoms with Gasteiger partial charge in [0.15, 0.2) is 11.6 Å². The lowest BCUT2D eigenvalue weighted by Crippen LogP contribution is -2.49. The quantitative estimate of drug-likeness (QED) is 0.755. The Morgan fingerprint density at radius 3 is 2.31 bits per heavy atom. The average molecular weight is 410 g/mol. The van der Waals surface area contributed by atoms with E-state index in [0.717, 1.165) is 17.7 Å². The van der Waals surface area contributed by atoms with Gasteiger partial charge in [0, 0.05) is 38.8 Å². The van der Waals surface area contributed by atoms with Gasteiger partial charge in [0.25, 0.3) is 0 Å². The Labute approximate surface area is 167 Å². The summed E-state index contributed by atoms with van der Waals surface area (Å²) < 4.78 is 44.0. The van der Waals surface area contributed by atoms with Gasteiger partial charge in [-0.15, -0.1) is 0 Å². The normalized spacial score (nSPS) is 16.7. The Kier molecular flexibility index (Phi) is 6.43. The van der Waals surface area contributed by atoms with Crippen molar-refractivity contribution in [3.05, 3.63) is 41.7 Å². The van der Waals surface area contributed by atoms with Gasteiger partial charge in [0.05, 0.1) is 12.2 Å².